The number of ether oxygens (including phenoxy) is 1. The van der Waals surface area contributed by atoms with Gasteiger partial charge in [0.05, 0.1) is 19.7 Å². The number of nitrogens with zero attached hydrogens (tertiary/aromatic N) is 1. The second kappa shape index (κ2) is 7.12. The molecule has 2 aromatic rings. The van der Waals surface area contributed by atoms with Gasteiger partial charge in [-0.05, 0) is 29.8 Å². The van der Waals surface area contributed by atoms with Crippen molar-refractivity contribution >= 4 is 12.1 Å². The van der Waals surface area contributed by atoms with Crippen LogP contribution in [-0.2, 0) is 11.2 Å². The summed E-state index contributed by atoms with van der Waals surface area (Å²) in [5, 5.41) is 22.5. The quantitative estimate of drug-likeness (QED) is 0.580. The average Bonchev–Trinajstić information content (AvgIpc) is 2.50. The molecule has 2 rings (SSSR count). The molecule has 0 aliphatic carbocycles. The van der Waals surface area contributed by atoms with E-state index in [0.717, 1.165) is 11.3 Å². The van der Waals surface area contributed by atoms with Crippen molar-refractivity contribution in [2.75, 3.05) is 7.11 Å². The molecule has 0 saturated carbocycles. The number of carbonyl (C=O) groups excluding carboxylic acids is 1. The number of hydrogen-bond acceptors (Lipinski definition) is 5. The van der Waals surface area contributed by atoms with Crippen LogP contribution in [0, 0.1) is 0 Å². The lowest BCUT2D eigenvalue weighted by Gasteiger charge is -2.03. The van der Waals surface area contributed by atoms with Crippen LogP contribution in [0.1, 0.15) is 11.1 Å². The van der Waals surface area contributed by atoms with Gasteiger partial charge < -0.3 is 14.9 Å². The summed E-state index contributed by atoms with van der Waals surface area (Å²) in [7, 11) is 1.58. The summed E-state index contributed by atoms with van der Waals surface area (Å²) in [5.74, 6) is 0.288. The summed E-state index contributed by atoms with van der Waals surface area (Å²) in [6.45, 7) is 0. The summed E-state index contributed by atoms with van der Waals surface area (Å²) >= 11 is 0. The van der Waals surface area contributed by atoms with Crippen LogP contribution < -0.4 is 10.2 Å². The SMILES string of the molecule is COc1ccc(CC(=O)NN=Cc2ccc(O)cc2O)cc1. The molecule has 0 aliphatic heterocycles. The van der Waals surface area contributed by atoms with Crippen LogP contribution in [0.4, 0.5) is 0 Å². The fourth-order valence-electron chi connectivity index (χ4n) is 1.78. The number of amides is 1. The number of phenolic OH excluding ortho intramolecular Hbond substituents is 2. The van der Waals surface area contributed by atoms with Crippen LogP contribution in [0.3, 0.4) is 0 Å². The van der Waals surface area contributed by atoms with Gasteiger partial charge in [-0.1, -0.05) is 12.1 Å². The van der Waals surface area contributed by atoms with E-state index in [2.05, 4.69) is 10.5 Å². The molecule has 3 N–H and O–H groups in total. The summed E-state index contributed by atoms with van der Waals surface area (Å²) in [4.78, 5) is 11.7. The largest absolute Gasteiger partial charge is 0.508 e. The lowest BCUT2D eigenvalue weighted by atomic mass is 10.1. The molecule has 0 saturated heterocycles. The zero-order chi connectivity index (χ0) is 15.9. The molecule has 0 radical (unpaired) electrons. The van der Waals surface area contributed by atoms with E-state index in [1.165, 1.54) is 24.4 Å². The van der Waals surface area contributed by atoms with Crippen molar-refractivity contribution in [1.29, 1.82) is 0 Å². The Kier molecular flexibility index (Phi) is 4.98. The molecule has 22 heavy (non-hydrogen) atoms. The third-order valence-corrected chi connectivity index (χ3v) is 2.93. The van der Waals surface area contributed by atoms with Crippen molar-refractivity contribution in [3.05, 3.63) is 53.6 Å². The molecule has 6 nitrogen and oxygen atoms in total. The highest BCUT2D eigenvalue weighted by atomic mass is 16.5. The maximum absolute atomic E-state index is 11.7. The van der Waals surface area contributed by atoms with Gasteiger partial charge in [0.25, 0.3) is 0 Å². The van der Waals surface area contributed by atoms with E-state index in [0.29, 0.717) is 5.56 Å². The summed E-state index contributed by atoms with van der Waals surface area (Å²) in [6, 6.07) is 11.3. The highest BCUT2D eigenvalue weighted by molar-refractivity contribution is 5.85. The van der Waals surface area contributed by atoms with E-state index in [1.54, 1.807) is 31.4 Å². The third-order valence-electron chi connectivity index (χ3n) is 2.93. The molecule has 0 heterocycles. The van der Waals surface area contributed by atoms with E-state index in [-0.39, 0.29) is 23.8 Å². The van der Waals surface area contributed by atoms with Crippen molar-refractivity contribution in [1.82, 2.24) is 5.43 Å². The normalized spacial score (nSPS) is 10.6. The molecule has 0 atom stereocenters. The van der Waals surface area contributed by atoms with Gasteiger partial charge in [0.1, 0.15) is 17.2 Å². The van der Waals surface area contributed by atoms with Gasteiger partial charge >= 0.3 is 0 Å². The predicted octanol–water partition coefficient (Wildman–Crippen LogP) is 1.80. The maximum Gasteiger partial charge on any atom is 0.244 e. The van der Waals surface area contributed by atoms with Crippen molar-refractivity contribution in [3.8, 4) is 17.2 Å². The molecule has 0 aromatic heterocycles. The first kappa shape index (κ1) is 15.4. The first-order valence-electron chi connectivity index (χ1n) is 6.55. The Labute approximate surface area is 127 Å². The highest BCUT2D eigenvalue weighted by Crippen LogP contribution is 2.20. The monoisotopic (exact) mass is 300 g/mol. The molecule has 0 unspecified atom stereocenters. The minimum absolute atomic E-state index is 0.0433. The topological polar surface area (TPSA) is 91.2 Å². The van der Waals surface area contributed by atoms with Crippen molar-refractivity contribution in [3.63, 3.8) is 0 Å². The second-order valence-electron chi connectivity index (χ2n) is 4.56. The van der Waals surface area contributed by atoms with Crippen LogP contribution in [0.5, 0.6) is 17.2 Å². The van der Waals surface area contributed by atoms with Crippen molar-refractivity contribution in [2.45, 2.75) is 6.42 Å². The minimum atomic E-state index is -0.278. The molecule has 6 heteroatoms. The zero-order valence-corrected chi connectivity index (χ0v) is 12.0. The van der Waals surface area contributed by atoms with Gasteiger partial charge in [0.15, 0.2) is 0 Å². The lowest BCUT2D eigenvalue weighted by Crippen LogP contribution is -2.19. The molecule has 0 aliphatic rings. The molecule has 0 fully saturated rings. The Morgan fingerprint density at radius 1 is 1.23 bits per heavy atom. The maximum atomic E-state index is 11.7. The fourth-order valence-corrected chi connectivity index (χ4v) is 1.78. The van der Waals surface area contributed by atoms with E-state index >= 15 is 0 Å². The number of methoxy groups -OCH3 is 1. The van der Waals surface area contributed by atoms with Gasteiger partial charge in [0.2, 0.25) is 5.91 Å². The predicted molar refractivity (Wildman–Crippen MR) is 82.2 cm³/mol. The first-order chi connectivity index (χ1) is 10.6. The summed E-state index contributed by atoms with van der Waals surface area (Å²) in [5.41, 5.74) is 3.60. The zero-order valence-electron chi connectivity index (χ0n) is 12.0. The molecule has 1 amide bonds. The van der Waals surface area contributed by atoms with E-state index in [1.807, 2.05) is 0 Å². The molecular formula is C16H16N2O4. The van der Waals surface area contributed by atoms with Crippen molar-refractivity contribution < 1.29 is 19.7 Å². The Hall–Kier alpha value is -3.02. The molecule has 114 valence electrons. The van der Waals surface area contributed by atoms with Gasteiger partial charge in [0, 0.05) is 11.6 Å². The van der Waals surface area contributed by atoms with Gasteiger partial charge in [-0.15, -0.1) is 0 Å². The number of benzene rings is 2. The van der Waals surface area contributed by atoms with Gasteiger partial charge in [-0.25, -0.2) is 5.43 Å². The van der Waals surface area contributed by atoms with Crippen LogP contribution >= 0.6 is 0 Å². The minimum Gasteiger partial charge on any atom is -0.508 e. The third kappa shape index (κ3) is 4.24. The Morgan fingerprint density at radius 3 is 2.59 bits per heavy atom. The Bertz CT molecular complexity index is 681. The highest BCUT2D eigenvalue weighted by Gasteiger charge is 2.03. The van der Waals surface area contributed by atoms with E-state index in [4.69, 9.17) is 9.84 Å². The van der Waals surface area contributed by atoms with Gasteiger partial charge in [-0.2, -0.15) is 5.10 Å². The molecular weight excluding hydrogens is 284 g/mol. The summed E-state index contributed by atoms with van der Waals surface area (Å²) < 4.78 is 5.04. The Balaban J connectivity index is 1.90. The summed E-state index contributed by atoms with van der Waals surface area (Å²) in [6.07, 6.45) is 1.49. The second-order valence-corrected chi connectivity index (χ2v) is 4.56. The number of nitrogens with one attached hydrogen (secondary N) is 1. The average molecular weight is 300 g/mol. The Morgan fingerprint density at radius 2 is 1.95 bits per heavy atom. The molecule has 0 bridgehead atoms. The first-order valence-corrected chi connectivity index (χ1v) is 6.55. The number of phenols is 2. The van der Waals surface area contributed by atoms with Crippen LogP contribution in [0.15, 0.2) is 47.6 Å². The lowest BCUT2D eigenvalue weighted by molar-refractivity contribution is -0.120. The standard InChI is InChI=1S/C16H16N2O4/c1-22-14-6-2-11(3-7-14)8-16(21)18-17-10-12-4-5-13(19)9-15(12)20/h2-7,9-10,19-20H,8H2,1H3,(H,18,21). The number of aromatic hydroxyl groups is 2. The van der Waals surface area contributed by atoms with Crippen LogP contribution in [0.2, 0.25) is 0 Å². The van der Waals surface area contributed by atoms with E-state index in [9.17, 15) is 9.90 Å². The number of hydrazone groups is 1. The van der Waals surface area contributed by atoms with Crippen molar-refractivity contribution in [2.24, 2.45) is 5.10 Å². The number of carbonyl (C=O) groups is 1. The fraction of sp³-hybridized carbons (Fsp3) is 0.125. The number of hydrogen-bond donors (Lipinski definition) is 3. The number of rotatable bonds is 5. The molecule has 2 aromatic carbocycles. The van der Waals surface area contributed by atoms with Crippen LogP contribution in [-0.4, -0.2) is 29.4 Å². The van der Waals surface area contributed by atoms with Crippen LogP contribution in [0.25, 0.3) is 0 Å². The van der Waals surface area contributed by atoms with E-state index < -0.39 is 0 Å². The molecule has 0 spiro atoms. The van der Waals surface area contributed by atoms with Gasteiger partial charge in [-0.3, -0.25) is 4.79 Å². The smallest absolute Gasteiger partial charge is 0.244 e.